The first-order valence-electron chi connectivity index (χ1n) is 10.4. The van der Waals surface area contributed by atoms with Crippen molar-refractivity contribution in [1.82, 2.24) is 19.7 Å². The monoisotopic (exact) mass is 456 g/mol. The van der Waals surface area contributed by atoms with Crippen molar-refractivity contribution in [3.8, 4) is 22.5 Å². The van der Waals surface area contributed by atoms with Gasteiger partial charge < -0.3 is 9.64 Å². The number of ether oxygens (including phenoxy) is 1. The van der Waals surface area contributed by atoms with Crippen LogP contribution >= 0.6 is 0 Å². The maximum atomic E-state index is 13.4. The van der Waals surface area contributed by atoms with Crippen LogP contribution in [0.25, 0.3) is 28.1 Å². The zero-order valence-corrected chi connectivity index (χ0v) is 18.4. The molecule has 3 aromatic rings. The SMILES string of the molecule is CC(C)(C)OC(=O)N1CC=C(c2cc(-c3ccc(F)cc3)cc(-c3ccn(C(F)F)n3)n2)C1. The molecule has 1 aliphatic rings. The summed E-state index contributed by atoms with van der Waals surface area (Å²) in [6, 6.07) is 11.0. The Bertz CT molecular complexity index is 1200. The second kappa shape index (κ2) is 8.73. The number of carbonyl (C=O) groups excluding carboxylic acids is 1. The molecule has 0 N–H and O–H groups in total. The number of hydrogen-bond donors (Lipinski definition) is 0. The summed E-state index contributed by atoms with van der Waals surface area (Å²) in [6.07, 6.45) is 2.63. The Labute approximate surface area is 189 Å². The zero-order valence-electron chi connectivity index (χ0n) is 18.4. The highest BCUT2D eigenvalue weighted by Crippen LogP contribution is 2.30. The average molecular weight is 456 g/mol. The molecule has 9 heteroatoms. The molecule has 4 rings (SSSR count). The van der Waals surface area contributed by atoms with Gasteiger partial charge in [-0.15, -0.1) is 0 Å². The molecular formula is C24H23F3N4O2. The Hall–Kier alpha value is -3.62. The first kappa shape index (κ1) is 22.6. The summed E-state index contributed by atoms with van der Waals surface area (Å²) >= 11 is 0. The van der Waals surface area contributed by atoms with Crippen molar-refractivity contribution >= 4 is 11.7 Å². The molecule has 0 saturated heterocycles. The molecular weight excluding hydrogens is 433 g/mol. The fourth-order valence-electron chi connectivity index (χ4n) is 3.42. The summed E-state index contributed by atoms with van der Waals surface area (Å²) in [6.45, 7) is 3.29. The van der Waals surface area contributed by atoms with Gasteiger partial charge in [-0.3, -0.25) is 0 Å². The van der Waals surface area contributed by atoms with Crippen LogP contribution < -0.4 is 0 Å². The van der Waals surface area contributed by atoms with Crippen LogP contribution in [0.1, 0.15) is 33.0 Å². The molecule has 172 valence electrons. The van der Waals surface area contributed by atoms with Gasteiger partial charge in [-0.25, -0.2) is 18.9 Å². The highest BCUT2D eigenvalue weighted by atomic mass is 19.3. The Kier molecular flexibility index (Phi) is 5.97. The van der Waals surface area contributed by atoms with Crippen molar-refractivity contribution in [3.63, 3.8) is 0 Å². The summed E-state index contributed by atoms with van der Waals surface area (Å²) in [5.41, 5.74) is 2.88. The smallest absolute Gasteiger partial charge is 0.410 e. The summed E-state index contributed by atoms with van der Waals surface area (Å²) in [5, 5.41) is 3.92. The third-order valence-electron chi connectivity index (χ3n) is 4.97. The van der Waals surface area contributed by atoms with Crippen molar-refractivity contribution in [2.24, 2.45) is 0 Å². The van der Waals surface area contributed by atoms with Crippen LogP contribution in [0.3, 0.4) is 0 Å². The van der Waals surface area contributed by atoms with E-state index in [4.69, 9.17) is 4.74 Å². The number of pyridine rings is 1. The third kappa shape index (κ3) is 5.24. The Balaban J connectivity index is 1.69. The normalized spacial score (nSPS) is 14.0. The average Bonchev–Trinajstić information content (AvgIpc) is 3.43. The van der Waals surface area contributed by atoms with Crippen molar-refractivity contribution in [2.45, 2.75) is 32.9 Å². The predicted octanol–water partition coefficient (Wildman–Crippen LogP) is 5.78. The van der Waals surface area contributed by atoms with E-state index in [2.05, 4.69) is 10.1 Å². The number of rotatable bonds is 4. The van der Waals surface area contributed by atoms with E-state index in [9.17, 15) is 18.0 Å². The number of carbonyl (C=O) groups is 1. The number of amides is 1. The van der Waals surface area contributed by atoms with Crippen LogP contribution in [0.4, 0.5) is 18.0 Å². The van der Waals surface area contributed by atoms with E-state index in [1.165, 1.54) is 24.4 Å². The number of halogens is 3. The number of aromatic nitrogens is 3. The molecule has 0 bridgehead atoms. The fourth-order valence-corrected chi connectivity index (χ4v) is 3.42. The molecule has 0 spiro atoms. The highest BCUT2D eigenvalue weighted by molar-refractivity contribution is 5.80. The van der Waals surface area contributed by atoms with Crippen LogP contribution in [0.2, 0.25) is 0 Å². The first-order chi connectivity index (χ1) is 15.6. The zero-order chi connectivity index (χ0) is 23.8. The topological polar surface area (TPSA) is 60.2 Å². The van der Waals surface area contributed by atoms with Crippen LogP contribution in [-0.2, 0) is 4.74 Å². The van der Waals surface area contributed by atoms with E-state index >= 15 is 0 Å². The number of nitrogens with zero attached hydrogens (tertiary/aromatic N) is 4. The number of alkyl halides is 2. The molecule has 0 radical (unpaired) electrons. The standard InChI is InChI=1S/C24H23F3N4O2/c1-24(2,3)33-23(32)30-10-8-16(14-30)20-12-17(15-4-6-18(25)7-5-15)13-21(28-20)19-9-11-31(29-19)22(26)27/h4-9,11-13,22H,10,14H2,1-3H3. The van der Waals surface area contributed by atoms with Gasteiger partial charge in [-0.1, -0.05) is 18.2 Å². The van der Waals surface area contributed by atoms with Gasteiger partial charge in [0, 0.05) is 12.7 Å². The summed E-state index contributed by atoms with van der Waals surface area (Å²) < 4.78 is 45.5. The minimum Gasteiger partial charge on any atom is -0.444 e. The lowest BCUT2D eigenvalue weighted by Gasteiger charge is -2.24. The molecule has 1 aromatic carbocycles. The molecule has 2 aromatic heterocycles. The minimum atomic E-state index is -2.77. The van der Waals surface area contributed by atoms with Crippen molar-refractivity contribution < 1.29 is 22.7 Å². The number of benzene rings is 1. The highest BCUT2D eigenvalue weighted by Gasteiger charge is 2.26. The van der Waals surface area contributed by atoms with Gasteiger partial charge in [0.05, 0.1) is 17.9 Å². The lowest BCUT2D eigenvalue weighted by atomic mass is 10.0. The van der Waals surface area contributed by atoms with Gasteiger partial charge in [0.15, 0.2) is 0 Å². The molecule has 0 aliphatic carbocycles. The maximum absolute atomic E-state index is 13.4. The molecule has 1 aliphatic heterocycles. The Morgan fingerprint density at radius 2 is 1.73 bits per heavy atom. The molecule has 0 saturated carbocycles. The van der Waals surface area contributed by atoms with Crippen LogP contribution in [0.15, 0.2) is 54.7 Å². The summed E-state index contributed by atoms with van der Waals surface area (Å²) in [5.74, 6) is -0.365. The van der Waals surface area contributed by atoms with Gasteiger partial charge in [-0.05, 0) is 67.8 Å². The van der Waals surface area contributed by atoms with Gasteiger partial charge in [0.1, 0.15) is 17.1 Å². The van der Waals surface area contributed by atoms with Crippen LogP contribution in [0.5, 0.6) is 0 Å². The van der Waals surface area contributed by atoms with E-state index < -0.39 is 18.2 Å². The quantitative estimate of drug-likeness (QED) is 0.499. The Morgan fingerprint density at radius 1 is 1.03 bits per heavy atom. The maximum Gasteiger partial charge on any atom is 0.410 e. The minimum absolute atomic E-state index is 0.281. The largest absolute Gasteiger partial charge is 0.444 e. The molecule has 33 heavy (non-hydrogen) atoms. The predicted molar refractivity (Wildman–Crippen MR) is 118 cm³/mol. The second-order valence-electron chi connectivity index (χ2n) is 8.68. The van der Waals surface area contributed by atoms with E-state index in [0.29, 0.717) is 29.2 Å². The fraction of sp³-hybridized carbons (Fsp3) is 0.292. The molecule has 1 amide bonds. The lowest BCUT2D eigenvalue weighted by Crippen LogP contribution is -2.35. The van der Waals surface area contributed by atoms with Crippen molar-refractivity contribution in [1.29, 1.82) is 0 Å². The molecule has 3 heterocycles. The summed E-state index contributed by atoms with van der Waals surface area (Å²) in [7, 11) is 0. The Morgan fingerprint density at radius 3 is 2.36 bits per heavy atom. The van der Waals surface area contributed by atoms with E-state index in [-0.39, 0.29) is 11.5 Å². The summed E-state index contributed by atoms with van der Waals surface area (Å²) in [4.78, 5) is 18.6. The van der Waals surface area contributed by atoms with Gasteiger partial charge in [-0.2, -0.15) is 13.9 Å². The van der Waals surface area contributed by atoms with E-state index in [1.807, 2.05) is 12.1 Å². The van der Waals surface area contributed by atoms with Gasteiger partial charge in [0.2, 0.25) is 0 Å². The molecule has 0 fully saturated rings. The number of hydrogen-bond acceptors (Lipinski definition) is 4. The van der Waals surface area contributed by atoms with Crippen molar-refractivity contribution in [3.05, 3.63) is 66.2 Å². The molecule has 0 atom stereocenters. The van der Waals surface area contributed by atoms with E-state index in [1.54, 1.807) is 43.9 Å². The van der Waals surface area contributed by atoms with Crippen molar-refractivity contribution in [2.75, 3.05) is 13.1 Å². The van der Waals surface area contributed by atoms with Gasteiger partial charge in [0.25, 0.3) is 0 Å². The van der Waals surface area contributed by atoms with Crippen LogP contribution in [-0.4, -0.2) is 44.4 Å². The molecule has 6 nitrogen and oxygen atoms in total. The van der Waals surface area contributed by atoms with Gasteiger partial charge >= 0.3 is 12.6 Å². The van der Waals surface area contributed by atoms with Crippen LogP contribution in [0, 0.1) is 5.82 Å². The second-order valence-corrected chi connectivity index (χ2v) is 8.68. The van der Waals surface area contributed by atoms with E-state index in [0.717, 1.165) is 16.7 Å². The lowest BCUT2D eigenvalue weighted by molar-refractivity contribution is 0.0306. The third-order valence-corrected chi connectivity index (χ3v) is 4.97. The first-order valence-corrected chi connectivity index (χ1v) is 10.4. The molecule has 0 unspecified atom stereocenters.